The average Bonchev–Trinajstić information content (AvgIpc) is 2.34. The van der Waals surface area contributed by atoms with E-state index in [0.717, 1.165) is 0 Å². The molecule has 1 atom stereocenters. The molecule has 0 heterocycles. The van der Waals surface area contributed by atoms with Gasteiger partial charge in [0.05, 0.1) is 18.8 Å². The van der Waals surface area contributed by atoms with Gasteiger partial charge in [0, 0.05) is 6.54 Å². The van der Waals surface area contributed by atoms with Crippen LogP contribution in [0.15, 0.2) is 0 Å². The van der Waals surface area contributed by atoms with Crippen LogP contribution < -0.4 is 10.6 Å². The summed E-state index contributed by atoms with van der Waals surface area (Å²) in [5.41, 5.74) is 0. The number of likely N-dealkylation sites (N-methyl/N-ethyl adjacent to an activating group) is 1. The van der Waals surface area contributed by atoms with Crippen LogP contribution in [-0.4, -0.2) is 38.3 Å². The van der Waals surface area contributed by atoms with Crippen molar-refractivity contribution in [1.29, 1.82) is 0 Å². The Hall–Kier alpha value is -0.610. The van der Waals surface area contributed by atoms with E-state index in [0.29, 0.717) is 19.3 Å². The van der Waals surface area contributed by atoms with Crippen LogP contribution in [0.25, 0.3) is 0 Å². The normalized spacial score (nSPS) is 19.4. The van der Waals surface area contributed by atoms with Crippen molar-refractivity contribution in [3.8, 4) is 0 Å². The number of rotatable bonds is 6. The van der Waals surface area contributed by atoms with Crippen molar-refractivity contribution < 1.29 is 9.53 Å². The standard InChI is InChI=1S/C12H24N2O2/c1-10(13-2)12(15)14-8-9-16-11-6-4-3-5-7-11/h10-11,13H,3-9H2,1-2H3,(H,14,15). The number of hydrogen-bond acceptors (Lipinski definition) is 3. The van der Waals surface area contributed by atoms with E-state index >= 15 is 0 Å². The van der Waals surface area contributed by atoms with Crippen LogP contribution in [-0.2, 0) is 9.53 Å². The van der Waals surface area contributed by atoms with Crippen molar-refractivity contribution in [3.05, 3.63) is 0 Å². The van der Waals surface area contributed by atoms with E-state index in [1.165, 1.54) is 32.1 Å². The maximum Gasteiger partial charge on any atom is 0.236 e. The Morgan fingerprint density at radius 2 is 2.06 bits per heavy atom. The molecule has 94 valence electrons. The van der Waals surface area contributed by atoms with Gasteiger partial charge in [-0.15, -0.1) is 0 Å². The molecule has 1 fully saturated rings. The van der Waals surface area contributed by atoms with E-state index in [1.54, 1.807) is 7.05 Å². The summed E-state index contributed by atoms with van der Waals surface area (Å²) in [5, 5.41) is 5.75. The molecule has 1 aliphatic carbocycles. The van der Waals surface area contributed by atoms with Gasteiger partial charge in [0.25, 0.3) is 0 Å². The summed E-state index contributed by atoms with van der Waals surface area (Å²) in [6.45, 7) is 3.09. The first-order chi connectivity index (χ1) is 7.74. The molecular weight excluding hydrogens is 204 g/mol. The largest absolute Gasteiger partial charge is 0.376 e. The summed E-state index contributed by atoms with van der Waals surface area (Å²) >= 11 is 0. The topological polar surface area (TPSA) is 50.4 Å². The van der Waals surface area contributed by atoms with Crippen molar-refractivity contribution in [2.45, 2.75) is 51.2 Å². The van der Waals surface area contributed by atoms with E-state index in [2.05, 4.69) is 10.6 Å². The Labute approximate surface area is 98.1 Å². The molecule has 0 aromatic carbocycles. The maximum atomic E-state index is 11.4. The van der Waals surface area contributed by atoms with Gasteiger partial charge in [-0.25, -0.2) is 0 Å². The van der Waals surface area contributed by atoms with Gasteiger partial charge in [0.1, 0.15) is 0 Å². The molecule has 0 radical (unpaired) electrons. The molecule has 4 heteroatoms. The lowest BCUT2D eigenvalue weighted by Gasteiger charge is -2.22. The third-order valence-electron chi connectivity index (χ3n) is 3.13. The number of ether oxygens (including phenoxy) is 1. The third kappa shape index (κ3) is 4.94. The molecule has 0 saturated heterocycles. The fourth-order valence-corrected chi connectivity index (χ4v) is 1.92. The molecule has 0 aromatic rings. The minimum atomic E-state index is -0.130. The molecule has 1 unspecified atom stereocenters. The predicted octanol–water partition coefficient (Wildman–Crippen LogP) is 1.06. The van der Waals surface area contributed by atoms with Gasteiger partial charge in [-0.05, 0) is 26.8 Å². The Kier molecular flexibility index (Phi) is 6.42. The van der Waals surface area contributed by atoms with Gasteiger partial charge >= 0.3 is 0 Å². The Bertz CT molecular complexity index is 203. The molecule has 0 aliphatic heterocycles. The fourth-order valence-electron chi connectivity index (χ4n) is 1.92. The average molecular weight is 228 g/mol. The molecule has 0 aromatic heterocycles. The lowest BCUT2D eigenvalue weighted by molar-refractivity contribution is -0.123. The number of carbonyl (C=O) groups is 1. The molecule has 1 saturated carbocycles. The lowest BCUT2D eigenvalue weighted by Crippen LogP contribution is -2.41. The van der Waals surface area contributed by atoms with E-state index in [4.69, 9.17) is 4.74 Å². The minimum Gasteiger partial charge on any atom is -0.376 e. The highest BCUT2D eigenvalue weighted by Gasteiger charge is 2.13. The quantitative estimate of drug-likeness (QED) is 0.668. The Balaban J connectivity index is 2.00. The number of amides is 1. The van der Waals surface area contributed by atoms with Crippen molar-refractivity contribution in [2.75, 3.05) is 20.2 Å². The zero-order valence-corrected chi connectivity index (χ0v) is 10.4. The summed E-state index contributed by atoms with van der Waals surface area (Å²) < 4.78 is 5.71. The number of hydrogen-bond donors (Lipinski definition) is 2. The first kappa shape index (κ1) is 13.5. The van der Waals surface area contributed by atoms with Crippen LogP contribution in [0.3, 0.4) is 0 Å². The number of carbonyl (C=O) groups excluding carboxylic acids is 1. The van der Waals surface area contributed by atoms with E-state index < -0.39 is 0 Å². The summed E-state index contributed by atoms with van der Waals surface area (Å²) in [5.74, 6) is 0.0368. The molecule has 16 heavy (non-hydrogen) atoms. The highest BCUT2D eigenvalue weighted by Crippen LogP contribution is 2.19. The van der Waals surface area contributed by atoms with Gasteiger partial charge in [-0.3, -0.25) is 4.79 Å². The SMILES string of the molecule is CNC(C)C(=O)NCCOC1CCCCC1. The second-order valence-electron chi connectivity index (χ2n) is 4.43. The zero-order chi connectivity index (χ0) is 11.8. The minimum absolute atomic E-state index is 0.0368. The predicted molar refractivity (Wildman–Crippen MR) is 64.4 cm³/mol. The maximum absolute atomic E-state index is 11.4. The monoisotopic (exact) mass is 228 g/mol. The molecule has 0 spiro atoms. The van der Waals surface area contributed by atoms with E-state index in [-0.39, 0.29) is 11.9 Å². The van der Waals surface area contributed by atoms with E-state index in [9.17, 15) is 4.79 Å². The summed E-state index contributed by atoms with van der Waals surface area (Å²) in [7, 11) is 1.78. The summed E-state index contributed by atoms with van der Waals surface area (Å²) in [6, 6.07) is -0.130. The van der Waals surface area contributed by atoms with Crippen LogP contribution in [0, 0.1) is 0 Å². The van der Waals surface area contributed by atoms with Crippen LogP contribution in [0.4, 0.5) is 0 Å². The molecule has 1 aliphatic rings. The zero-order valence-electron chi connectivity index (χ0n) is 10.4. The van der Waals surface area contributed by atoms with E-state index in [1.807, 2.05) is 6.92 Å². The molecule has 1 amide bonds. The van der Waals surface area contributed by atoms with Crippen LogP contribution >= 0.6 is 0 Å². The highest BCUT2D eigenvalue weighted by atomic mass is 16.5. The van der Waals surface area contributed by atoms with Gasteiger partial charge < -0.3 is 15.4 Å². The second-order valence-corrected chi connectivity index (χ2v) is 4.43. The van der Waals surface area contributed by atoms with Crippen molar-refractivity contribution >= 4 is 5.91 Å². The van der Waals surface area contributed by atoms with Crippen LogP contribution in [0.1, 0.15) is 39.0 Å². The number of nitrogens with one attached hydrogen (secondary N) is 2. The third-order valence-corrected chi connectivity index (χ3v) is 3.13. The highest BCUT2D eigenvalue weighted by molar-refractivity contribution is 5.81. The molecular formula is C12H24N2O2. The first-order valence-corrected chi connectivity index (χ1v) is 6.30. The van der Waals surface area contributed by atoms with Crippen molar-refractivity contribution in [2.24, 2.45) is 0 Å². The molecule has 0 bridgehead atoms. The smallest absolute Gasteiger partial charge is 0.236 e. The van der Waals surface area contributed by atoms with Gasteiger partial charge in [0.2, 0.25) is 5.91 Å². The van der Waals surface area contributed by atoms with Gasteiger partial charge in [-0.2, -0.15) is 0 Å². The van der Waals surface area contributed by atoms with Crippen LogP contribution in [0.5, 0.6) is 0 Å². The Morgan fingerprint density at radius 3 is 2.69 bits per heavy atom. The van der Waals surface area contributed by atoms with Gasteiger partial charge in [-0.1, -0.05) is 19.3 Å². The second kappa shape index (κ2) is 7.63. The lowest BCUT2D eigenvalue weighted by atomic mass is 9.98. The van der Waals surface area contributed by atoms with Crippen molar-refractivity contribution in [1.82, 2.24) is 10.6 Å². The molecule has 2 N–H and O–H groups in total. The summed E-state index contributed by atoms with van der Waals surface area (Å²) in [6.07, 6.45) is 6.70. The first-order valence-electron chi connectivity index (χ1n) is 6.30. The molecule has 4 nitrogen and oxygen atoms in total. The summed E-state index contributed by atoms with van der Waals surface area (Å²) in [4.78, 5) is 11.4. The van der Waals surface area contributed by atoms with Crippen LogP contribution in [0.2, 0.25) is 0 Å². The fraction of sp³-hybridized carbons (Fsp3) is 0.917. The Morgan fingerprint density at radius 1 is 1.38 bits per heavy atom. The molecule has 1 rings (SSSR count). The van der Waals surface area contributed by atoms with Gasteiger partial charge in [0.15, 0.2) is 0 Å². The van der Waals surface area contributed by atoms with Crippen molar-refractivity contribution in [3.63, 3.8) is 0 Å².